The van der Waals surface area contributed by atoms with E-state index in [1.807, 2.05) is 0 Å². The van der Waals surface area contributed by atoms with Crippen LogP contribution in [0.3, 0.4) is 0 Å². The van der Waals surface area contributed by atoms with Crippen molar-refractivity contribution in [3.63, 3.8) is 0 Å². The smallest absolute Gasteiger partial charge is 0.328 e. The molecular weight excluding hydrogens is 801 g/mol. The van der Waals surface area contributed by atoms with Crippen LogP contribution in [0.15, 0.2) is 48.6 Å². The summed E-state index contributed by atoms with van der Waals surface area (Å²) in [7, 11) is 0. The number of ether oxygens (including phenoxy) is 1. The fraction of sp³-hybridized carbons (Fsp3) is 0.782. The van der Waals surface area contributed by atoms with Gasteiger partial charge in [0.1, 0.15) is 12.1 Å². The van der Waals surface area contributed by atoms with Gasteiger partial charge in [-0.05, 0) is 64.2 Å². The van der Waals surface area contributed by atoms with Gasteiger partial charge in [-0.15, -0.1) is 0 Å². The Morgan fingerprint density at radius 1 is 0.484 bits per heavy atom. The van der Waals surface area contributed by atoms with E-state index in [0.717, 1.165) is 83.5 Å². The van der Waals surface area contributed by atoms with E-state index in [0.29, 0.717) is 12.8 Å². The van der Waals surface area contributed by atoms with E-state index < -0.39 is 24.5 Å². The standard InChI is InChI=1S/C55H98N2O7/c1-3-5-7-9-11-13-15-17-18-19-20-21-22-23-24-25-26-28-30-32-34-39-43-47-54(61)64-50(44-40-36-33-31-29-27-16-14-12-10-8-6-4-2)45-41-37-35-38-42-46-52(59)56-48-53(60)57-51(49-58)55(62)63/h6,8,12,14,27,29,33,36,50-51,58H,3-5,7,9-11,13,15-26,28,30-32,34-35,37-49H2,1-2H3,(H,56,59)(H,57,60)(H,62,63)/b8-6-,14-12-,29-27-,36-33-. The number of allylic oxidation sites excluding steroid dienone is 8. The molecule has 9 heteroatoms. The summed E-state index contributed by atoms with van der Waals surface area (Å²) < 4.78 is 6.03. The monoisotopic (exact) mass is 899 g/mol. The van der Waals surface area contributed by atoms with Crippen molar-refractivity contribution >= 4 is 23.8 Å². The lowest BCUT2D eigenvalue weighted by atomic mass is 10.0. The van der Waals surface area contributed by atoms with Crippen molar-refractivity contribution in [3.8, 4) is 0 Å². The molecule has 0 bridgehead atoms. The van der Waals surface area contributed by atoms with E-state index in [9.17, 15) is 19.2 Å². The number of rotatable bonds is 48. The first kappa shape index (κ1) is 60.8. The van der Waals surface area contributed by atoms with E-state index in [2.05, 4.69) is 73.1 Å². The van der Waals surface area contributed by atoms with Gasteiger partial charge in [0.15, 0.2) is 0 Å². The van der Waals surface area contributed by atoms with Gasteiger partial charge in [-0.2, -0.15) is 0 Å². The number of hydrogen-bond acceptors (Lipinski definition) is 6. The van der Waals surface area contributed by atoms with Gasteiger partial charge in [0.25, 0.3) is 0 Å². The van der Waals surface area contributed by atoms with Crippen molar-refractivity contribution in [2.75, 3.05) is 13.2 Å². The molecule has 4 N–H and O–H groups in total. The van der Waals surface area contributed by atoms with Crippen LogP contribution >= 0.6 is 0 Å². The summed E-state index contributed by atoms with van der Waals surface area (Å²) in [5.74, 6) is -2.34. The fourth-order valence-electron chi connectivity index (χ4n) is 7.83. The first-order chi connectivity index (χ1) is 31.3. The Bertz CT molecular complexity index is 1210. The summed E-state index contributed by atoms with van der Waals surface area (Å²) in [5.41, 5.74) is 0. The van der Waals surface area contributed by atoms with Gasteiger partial charge in [-0.25, -0.2) is 4.79 Å². The van der Waals surface area contributed by atoms with Crippen molar-refractivity contribution < 1.29 is 34.1 Å². The number of aliphatic carboxylic acids is 1. The quantitative estimate of drug-likeness (QED) is 0.0271. The molecule has 0 aromatic carbocycles. The molecule has 0 aliphatic carbocycles. The molecule has 0 heterocycles. The molecule has 0 saturated carbocycles. The van der Waals surface area contributed by atoms with E-state index in [1.54, 1.807) is 0 Å². The third-order valence-corrected chi connectivity index (χ3v) is 11.8. The summed E-state index contributed by atoms with van der Waals surface area (Å²) in [6.45, 7) is 3.38. The number of esters is 1. The second-order valence-electron chi connectivity index (χ2n) is 17.9. The number of aliphatic hydroxyl groups excluding tert-OH is 1. The molecule has 0 saturated heterocycles. The summed E-state index contributed by atoms with van der Waals surface area (Å²) in [6.07, 6.45) is 60.3. The molecule has 64 heavy (non-hydrogen) atoms. The van der Waals surface area contributed by atoms with Crippen molar-refractivity contribution in [1.82, 2.24) is 10.6 Å². The first-order valence-electron chi connectivity index (χ1n) is 26.5. The average molecular weight is 899 g/mol. The third-order valence-electron chi connectivity index (χ3n) is 11.8. The highest BCUT2D eigenvalue weighted by Gasteiger charge is 2.19. The van der Waals surface area contributed by atoms with E-state index >= 15 is 0 Å². The summed E-state index contributed by atoms with van der Waals surface area (Å²) in [6, 6.07) is -1.39. The second kappa shape index (κ2) is 49.2. The first-order valence-corrected chi connectivity index (χ1v) is 26.5. The van der Waals surface area contributed by atoms with Gasteiger partial charge in [0, 0.05) is 12.8 Å². The predicted molar refractivity (Wildman–Crippen MR) is 268 cm³/mol. The van der Waals surface area contributed by atoms with Crippen molar-refractivity contribution in [3.05, 3.63) is 48.6 Å². The zero-order valence-corrected chi connectivity index (χ0v) is 41.3. The Labute approximate surface area is 392 Å². The average Bonchev–Trinajstić information content (AvgIpc) is 3.28. The molecular formula is C55H98N2O7. The van der Waals surface area contributed by atoms with Crippen LogP contribution in [0.25, 0.3) is 0 Å². The molecule has 2 unspecified atom stereocenters. The summed E-state index contributed by atoms with van der Waals surface area (Å²) in [4.78, 5) is 47.8. The van der Waals surface area contributed by atoms with Crippen LogP contribution in [-0.4, -0.2) is 59.3 Å². The van der Waals surface area contributed by atoms with Crippen molar-refractivity contribution in [2.24, 2.45) is 0 Å². The lowest BCUT2D eigenvalue weighted by Crippen LogP contribution is -2.47. The maximum atomic E-state index is 12.9. The Hall–Kier alpha value is -3.20. The molecule has 0 radical (unpaired) electrons. The van der Waals surface area contributed by atoms with Gasteiger partial charge < -0.3 is 25.6 Å². The van der Waals surface area contributed by atoms with Crippen molar-refractivity contribution in [1.29, 1.82) is 0 Å². The van der Waals surface area contributed by atoms with E-state index in [-0.39, 0.29) is 30.9 Å². The Kier molecular flexibility index (Phi) is 46.8. The molecule has 9 nitrogen and oxygen atoms in total. The lowest BCUT2D eigenvalue weighted by Gasteiger charge is -2.17. The molecule has 0 aliphatic rings. The van der Waals surface area contributed by atoms with Crippen LogP contribution in [0, 0.1) is 0 Å². The van der Waals surface area contributed by atoms with Crippen LogP contribution in [0.1, 0.15) is 251 Å². The molecule has 2 atom stereocenters. The van der Waals surface area contributed by atoms with E-state index in [1.165, 1.54) is 135 Å². The molecule has 2 amide bonds. The maximum Gasteiger partial charge on any atom is 0.328 e. The molecule has 0 spiro atoms. The number of amides is 2. The minimum atomic E-state index is -1.39. The number of hydrogen-bond donors (Lipinski definition) is 4. The fourth-order valence-corrected chi connectivity index (χ4v) is 7.83. The van der Waals surface area contributed by atoms with Crippen LogP contribution in [0.2, 0.25) is 0 Å². The zero-order chi connectivity index (χ0) is 46.8. The SMILES string of the molecule is CC/C=C\C/C=C\C/C=C\C/C=C\CCC(CCCCCCCC(=O)NCC(=O)NC(CO)C(=O)O)OC(=O)CCCCCCCCCCCCCCCCCCCCCCCCC. The van der Waals surface area contributed by atoms with Gasteiger partial charge in [-0.1, -0.05) is 223 Å². The van der Waals surface area contributed by atoms with Gasteiger partial charge in [0.2, 0.25) is 11.8 Å². The van der Waals surface area contributed by atoms with Crippen LogP contribution in [0.5, 0.6) is 0 Å². The molecule has 0 aromatic rings. The molecule has 370 valence electrons. The molecule has 0 rings (SSSR count). The minimum absolute atomic E-state index is 0.0758. The number of nitrogens with one attached hydrogen (secondary N) is 2. The summed E-state index contributed by atoms with van der Waals surface area (Å²) >= 11 is 0. The zero-order valence-electron chi connectivity index (χ0n) is 41.3. The van der Waals surface area contributed by atoms with Gasteiger partial charge in [0.05, 0.1) is 13.2 Å². The van der Waals surface area contributed by atoms with Crippen molar-refractivity contribution in [2.45, 2.75) is 264 Å². The number of carbonyl (C=O) groups is 4. The maximum absolute atomic E-state index is 12.9. The molecule has 0 aromatic heterocycles. The van der Waals surface area contributed by atoms with E-state index in [4.69, 9.17) is 14.9 Å². The largest absolute Gasteiger partial charge is 0.480 e. The topological polar surface area (TPSA) is 142 Å². The second-order valence-corrected chi connectivity index (χ2v) is 17.9. The Morgan fingerprint density at radius 3 is 1.33 bits per heavy atom. The van der Waals surface area contributed by atoms with Crippen LogP contribution < -0.4 is 10.6 Å². The van der Waals surface area contributed by atoms with Crippen LogP contribution in [0.4, 0.5) is 0 Å². The number of carboxylic acid groups (broad SMARTS) is 1. The summed E-state index contributed by atoms with van der Waals surface area (Å²) in [5, 5.41) is 22.6. The minimum Gasteiger partial charge on any atom is -0.480 e. The van der Waals surface area contributed by atoms with Gasteiger partial charge >= 0.3 is 11.9 Å². The Balaban J connectivity index is 4.24. The van der Waals surface area contributed by atoms with Crippen LogP contribution in [-0.2, 0) is 23.9 Å². The highest BCUT2D eigenvalue weighted by molar-refractivity contribution is 5.87. The molecule has 0 aliphatic heterocycles. The molecule has 0 fully saturated rings. The van der Waals surface area contributed by atoms with Gasteiger partial charge in [-0.3, -0.25) is 14.4 Å². The Morgan fingerprint density at radius 2 is 0.891 bits per heavy atom. The number of carboxylic acids is 1. The number of carbonyl (C=O) groups excluding carboxylic acids is 3. The lowest BCUT2D eigenvalue weighted by molar-refractivity contribution is -0.150. The highest BCUT2D eigenvalue weighted by Crippen LogP contribution is 2.18. The normalized spacial score (nSPS) is 12.8. The number of unbranched alkanes of at least 4 members (excludes halogenated alkanes) is 26. The third kappa shape index (κ3) is 45.4. The highest BCUT2D eigenvalue weighted by atomic mass is 16.5. The predicted octanol–water partition coefficient (Wildman–Crippen LogP) is 14.3. The number of aliphatic hydroxyl groups is 1.